The summed E-state index contributed by atoms with van der Waals surface area (Å²) in [7, 11) is -3.79. The fourth-order valence-electron chi connectivity index (χ4n) is 2.99. The molecule has 164 valence electrons. The number of hydrogen-bond donors (Lipinski definition) is 1. The van der Waals surface area contributed by atoms with Gasteiger partial charge in [0, 0.05) is 30.3 Å². The van der Waals surface area contributed by atoms with Gasteiger partial charge in [-0.25, -0.2) is 22.9 Å². The second-order valence-electron chi connectivity index (χ2n) is 6.79. The number of hydrogen-bond acceptors (Lipinski definition) is 7. The Labute approximate surface area is 184 Å². The molecular formula is C23H20N2O6S. The average molecular weight is 452 g/mol. The van der Waals surface area contributed by atoms with E-state index in [4.69, 9.17) is 13.9 Å². The lowest BCUT2D eigenvalue weighted by atomic mass is 10.2. The van der Waals surface area contributed by atoms with Crippen LogP contribution in [0.5, 0.6) is 17.4 Å². The number of aromatic nitrogens is 1. The first-order valence-electron chi connectivity index (χ1n) is 9.82. The van der Waals surface area contributed by atoms with Crippen molar-refractivity contribution in [2.45, 2.75) is 18.4 Å². The number of ether oxygens (including phenoxy) is 2. The lowest BCUT2D eigenvalue weighted by Gasteiger charge is -2.10. The molecule has 0 unspecified atom stereocenters. The number of pyridine rings is 1. The molecule has 0 radical (unpaired) electrons. The normalized spacial score (nSPS) is 11.4. The molecule has 0 saturated heterocycles. The SMILES string of the molecule is CCOc1ccc(Oc2cc(CNS(=O)(=O)c3ccc4oc(=O)ccc4c3)ccn2)cc1. The predicted molar refractivity (Wildman–Crippen MR) is 118 cm³/mol. The zero-order chi connectivity index (χ0) is 22.6. The van der Waals surface area contributed by atoms with Crippen molar-refractivity contribution in [2.24, 2.45) is 0 Å². The summed E-state index contributed by atoms with van der Waals surface area (Å²) in [6.45, 7) is 2.54. The van der Waals surface area contributed by atoms with Crippen LogP contribution in [0.15, 0.2) is 87.0 Å². The number of fused-ring (bicyclic) bond motifs is 1. The van der Waals surface area contributed by atoms with E-state index < -0.39 is 15.6 Å². The van der Waals surface area contributed by atoms with E-state index in [0.717, 1.165) is 5.75 Å². The lowest BCUT2D eigenvalue weighted by molar-refractivity contribution is 0.339. The number of sulfonamides is 1. The summed E-state index contributed by atoms with van der Waals surface area (Å²) in [6.07, 6.45) is 1.55. The Morgan fingerprint density at radius 1 is 0.969 bits per heavy atom. The third-order valence-electron chi connectivity index (χ3n) is 4.52. The van der Waals surface area contributed by atoms with Crippen molar-refractivity contribution < 1.29 is 22.3 Å². The first-order chi connectivity index (χ1) is 15.4. The van der Waals surface area contributed by atoms with Crippen molar-refractivity contribution in [3.8, 4) is 17.4 Å². The van der Waals surface area contributed by atoms with Crippen molar-refractivity contribution in [1.29, 1.82) is 0 Å². The summed E-state index contributed by atoms with van der Waals surface area (Å²) in [4.78, 5) is 15.5. The van der Waals surface area contributed by atoms with Crippen LogP contribution in [0.2, 0.25) is 0 Å². The highest BCUT2D eigenvalue weighted by molar-refractivity contribution is 7.89. The van der Waals surface area contributed by atoms with Crippen molar-refractivity contribution in [3.63, 3.8) is 0 Å². The van der Waals surface area contributed by atoms with Crippen LogP contribution in [0.4, 0.5) is 0 Å². The lowest BCUT2D eigenvalue weighted by Crippen LogP contribution is -2.23. The van der Waals surface area contributed by atoms with E-state index in [1.54, 1.807) is 42.6 Å². The molecule has 32 heavy (non-hydrogen) atoms. The Hall–Kier alpha value is -3.69. The molecule has 0 fully saturated rings. The molecule has 0 amide bonds. The van der Waals surface area contributed by atoms with Crippen molar-refractivity contribution >= 4 is 21.0 Å². The van der Waals surface area contributed by atoms with Gasteiger partial charge in [0.15, 0.2) is 0 Å². The molecule has 1 N–H and O–H groups in total. The Balaban J connectivity index is 1.45. The topological polar surface area (TPSA) is 108 Å². The average Bonchev–Trinajstić information content (AvgIpc) is 2.79. The van der Waals surface area contributed by atoms with Gasteiger partial charge in [-0.2, -0.15) is 0 Å². The minimum atomic E-state index is -3.79. The summed E-state index contributed by atoms with van der Waals surface area (Å²) < 4.78 is 44.2. The molecule has 0 spiro atoms. The van der Waals surface area contributed by atoms with Gasteiger partial charge in [0.05, 0.1) is 11.5 Å². The first-order valence-corrected chi connectivity index (χ1v) is 11.3. The largest absolute Gasteiger partial charge is 0.494 e. The zero-order valence-electron chi connectivity index (χ0n) is 17.1. The maximum atomic E-state index is 12.7. The number of rotatable bonds is 8. The van der Waals surface area contributed by atoms with E-state index in [1.807, 2.05) is 6.92 Å². The molecule has 0 aliphatic carbocycles. The molecule has 2 aromatic carbocycles. The second-order valence-corrected chi connectivity index (χ2v) is 8.55. The van der Waals surface area contributed by atoms with Crippen LogP contribution in [0.3, 0.4) is 0 Å². The highest BCUT2D eigenvalue weighted by atomic mass is 32.2. The van der Waals surface area contributed by atoms with Crippen LogP contribution >= 0.6 is 0 Å². The fraction of sp³-hybridized carbons (Fsp3) is 0.130. The molecule has 0 aliphatic rings. The molecule has 2 aromatic heterocycles. The molecule has 0 saturated carbocycles. The van der Waals surface area contributed by atoms with Gasteiger partial charge in [0.2, 0.25) is 15.9 Å². The van der Waals surface area contributed by atoms with Gasteiger partial charge >= 0.3 is 5.63 Å². The summed E-state index contributed by atoms with van der Waals surface area (Å²) in [5.41, 5.74) is 0.505. The Morgan fingerprint density at radius 3 is 2.53 bits per heavy atom. The number of nitrogens with zero attached hydrogens (tertiary/aromatic N) is 1. The molecule has 0 bridgehead atoms. The Bertz CT molecular complexity index is 1400. The quantitative estimate of drug-likeness (QED) is 0.405. The molecular weight excluding hydrogens is 432 g/mol. The van der Waals surface area contributed by atoms with E-state index in [1.165, 1.54) is 30.3 Å². The minimum Gasteiger partial charge on any atom is -0.494 e. The van der Waals surface area contributed by atoms with Crippen LogP contribution in [0, 0.1) is 0 Å². The second kappa shape index (κ2) is 9.21. The van der Waals surface area contributed by atoms with Crippen molar-refractivity contribution in [3.05, 3.63) is 88.9 Å². The maximum absolute atomic E-state index is 12.7. The molecule has 0 aliphatic heterocycles. The van der Waals surface area contributed by atoms with Crippen molar-refractivity contribution in [1.82, 2.24) is 9.71 Å². The summed E-state index contributed by atoms with van der Waals surface area (Å²) in [5.74, 6) is 1.67. The van der Waals surface area contributed by atoms with Crippen LogP contribution < -0.4 is 19.8 Å². The van der Waals surface area contributed by atoms with E-state index >= 15 is 0 Å². The smallest absolute Gasteiger partial charge is 0.336 e. The van der Waals surface area contributed by atoms with Crippen LogP contribution in [0.25, 0.3) is 11.0 Å². The van der Waals surface area contributed by atoms with Gasteiger partial charge in [0.25, 0.3) is 0 Å². The third-order valence-corrected chi connectivity index (χ3v) is 5.92. The van der Waals surface area contributed by atoms with Crippen LogP contribution in [-0.2, 0) is 16.6 Å². The first kappa shape index (κ1) is 21.5. The number of nitrogens with one attached hydrogen (secondary N) is 1. The fourth-order valence-corrected chi connectivity index (χ4v) is 4.04. The highest BCUT2D eigenvalue weighted by Gasteiger charge is 2.15. The van der Waals surface area contributed by atoms with Gasteiger partial charge in [-0.05, 0) is 67.1 Å². The van der Waals surface area contributed by atoms with Gasteiger partial charge in [-0.3, -0.25) is 0 Å². The highest BCUT2D eigenvalue weighted by Crippen LogP contribution is 2.23. The van der Waals surface area contributed by atoms with E-state index in [9.17, 15) is 13.2 Å². The van der Waals surface area contributed by atoms with Crippen LogP contribution in [-0.4, -0.2) is 20.0 Å². The Morgan fingerprint density at radius 2 is 1.75 bits per heavy atom. The number of benzene rings is 2. The van der Waals surface area contributed by atoms with Crippen molar-refractivity contribution in [2.75, 3.05) is 6.61 Å². The summed E-state index contributed by atoms with van der Waals surface area (Å²) in [5, 5.41) is 0.516. The molecule has 4 aromatic rings. The summed E-state index contributed by atoms with van der Waals surface area (Å²) in [6, 6.07) is 17.6. The predicted octanol–water partition coefficient (Wildman–Crippen LogP) is 3.86. The third kappa shape index (κ3) is 5.13. The molecule has 9 heteroatoms. The van der Waals surface area contributed by atoms with E-state index in [2.05, 4.69) is 9.71 Å². The Kier molecular flexibility index (Phi) is 6.20. The molecule has 2 heterocycles. The monoisotopic (exact) mass is 452 g/mol. The standard InChI is InChI=1S/C23H20N2O6S/c1-2-29-18-4-6-19(7-5-18)30-22-13-16(11-12-24-22)15-25-32(27,28)20-8-9-21-17(14-20)3-10-23(26)31-21/h3-14,25H,2,15H2,1H3. The van der Waals surface area contributed by atoms with E-state index in [-0.39, 0.29) is 11.4 Å². The molecule has 4 rings (SSSR count). The summed E-state index contributed by atoms with van der Waals surface area (Å²) >= 11 is 0. The van der Waals surface area contributed by atoms with Gasteiger partial charge in [-0.15, -0.1) is 0 Å². The maximum Gasteiger partial charge on any atom is 0.336 e. The van der Waals surface area contributed by atoms with E-state index in [0.29, 0.717) is 34.8 Å². The minimum absolute atomic E-state index is 0.0480. The van der Waals surface area contributed by atoms with Crippen LogP contribution in [0.1, 0.15) is 12.5 Å². The molecule has 8 nitrogen and oxygen atoms in total. The van der Waals surface area contributed by atoms with Gasteiger partial charge in [-0.1, -0.05) is 0 Å². The van der Waals surface area contributed by atoms with Gasteiger partial charge in [0.1, 0.15) is 17.1 Å². The van der Waals surface area contributed by atoms with Gasteiger partial charge < -0.3 is 13.9 Å². The molecule has 0 atom stereocenters. The zero-order valence-corrected chi connectivity index (χ0v) is 18.0.